The predicted octanol–water partition coefficient (Wildman–Crippen LogP) is 4.50. The van der Waals surface area contributed by atoms with E-state index in [1.165, 1.54) is 36.6 Å². The summed E-state index contributed by atoms with van der Waals surface area (Å²) in [5.41, 5.74) is 0.612. The normalized spacial score (nSPS) is 14.6. The van der Waals surface area contributed by atoms with E-state index in [-0.39, 0.29) is 42.3 Å². The summed E-state index contributed by atoms with van der Waals surface area (Å²) in [5.74, 6) is -0.343. The van der Waals surface area contributed by atoms with Crippen LogP contribution in [0, 0.1) is 10.1 Å². The number of hydrogen-bond donors (Lipinski definition) is 1. The molecule has 2 aromatic rings. The number of carbonyl (C=O) groups excluding carboxylic acids is 2. The van der Waals surface area contributed by atoms with Gasteiger partial charge in [0.05, 0.1) is 12.0 Å². The van der Waals surface area contributed by atoms with Crippen molar-refractivity contribution in [3.8, 4) is 11.5 Å². The monoisotopic (exact) mass is 503 g/mol. The zero-order valence-corrected chi connectivity index (χ0v) is 20.6. The minimum Gasteiger partial charge on any atom is -0.490 e. The molecule has 0 saturated heterocycles. The van der Waals surface area contributed by atoms with Gasteiger partial charge >= 0.3 is 5.69 Å². The Labute approximate surface area is 209 Å². The summed E-state index contributed by atoms with van der Waals surface area (Å²) in [4.78, 5) is 38.2. The molecule has 0 spiro atoms. The van der Waals surface area contributed by atoms with E-state index in [1.54, 1.807) is 31.2 Å². The first-order valence-corrected chi connectivity index (χ1v) is 12.0. The highest BCUT2D eigenvalue weighted by Gasteiger charge is 2.28. The number of halogens is 1. The molecule has 1 atom stereocenters. The van der Waals surface area contributed by atoms with Crippen molar-refractivity contribution in [3.05, 3.63) is 63.2 Å². The maximum atomic E-state index is 13.2. The molecule has 1 fully saturated rings. The molecule has 35 heavy (non-hydrogen) atoms. The zero-order valence-electron chi connectivity index (χ0n) is 19.9. The van der Waals surface area contributed by atoms with Crippen LogP contribution < -0.4 is 14.8 Å². The summed E-state index contributed by atoms with van der Waals surface area (Å²) < 4.78 is 10.7. The molecule has 0 heterocycles. The van der Waals surface area contributed by atoms with Crippen molar-refractivity contribution in [2.75, 3.05) is 13.7 Å². The van der Waals surface area contributed by atoms with Crippen molar-refractivity contribution in [2.45, 2.75) is 57.7 Å². The van der Waals surface area contributed by atoms with Crippen molar-refractivity contribution in [2.24, 2.45) is 0 Å². The number of carbonyl (C=O) groups is 2. The van der Waals surface area contributed by atoms with Crippen LogP contribution in [0.3, 0.4) is 0 Å². The van der Waals surface area contributed by atoms with Gasteiger partial charge in [0.1, 0.15) is 11.8 Å². The second-order valence-corrected chi connectivity index (χ2v) is 8.98. The van der Waals surface area contributed by atoms with E-state index in [0.29, 0.717) is 5.02 Å². The molecule has 188 valence electrons. The Hall–Kier alpha value is -3.33. The number of rotatable bonds is 10. The van der Waals surface area contributed by atoms with Crippen molar-refractivity contribution in [1.82, 2.24) is 10.2 Å². The molecule has 0 unspecified atom stereocenters. The van der Waals surface area contributed by atoms with E-state index in [9.17, 15) is 19.7 Å². The number of ether oxygens (including phenoxy) is 2. The maximum Gasteiger partial charge on any atom is 0.311 e. The highest BCUT2D eigenvalue weighted by Crippen LogP contribution is 2.30. The smallest absolute Gasteiger partial charge is 0.311 e. The molecule has 0 radical (unpaired) electrons. The lowest BCUT2D eigenvalue weighted by atomic mass is 9.95. The number of hydrogen-bond acceptors (Lipinski definition) is 6. The van der Waals surface area contributed by atoms with Crippen LogP contribution in [0.2, 0.25) is 5.02 Å². The molecule has 0 aliphatic heterocycles. The third kappa shape index (κ3) is 7.32. The van der Waals surface area contributed by atoms with Crippen LogP contribution >= 0.6 is 11.6 Å². The molecular formula is C25H30ClN3O6. The van der Waals surface area contributed by atoms with Gasteiger partial charge < -0.3 is 19.7 Å². The number of nitro benzene ring substituents is 1. The van der Waals surface area contributed by atoms with E-state index in [4.69, 9.17) is 21.1 Å². The van der Waals surface area contributed by atoms with Gasteiger partial charge in [0, 0.05) is 29.7 Å². The van der Waals surface area contributed by atoms with Gasteiger partial charge in [-0.25, -0.2) is 0 Å². The number of nitro groups is 1. The molecule has 0 aromatic heterocycles. The standard InChI is InChI=1S/C25H30ClN3O6/c1-17(25(31)27-20-6-4-3-5-7-20)28(15-18-8-10-19(26)11-9-18)24(30)16-35-21-12-13-22(29(32)33)23(14-21)34-2/h8-14,17,20H,3-7,15-16H2,1-2H3,(H,27,31)/t17-/m0/s1. The molecule has 1 saturated carbocycles. The molecule has 1 aliphatic carbocycles. The lowest BCUT2D eigenvalue weighted by Crippen LogP contribution is -2.51. The van der Waals surface area contributed by atoms with E-state index < -0.39 is 16.9 Å². The summed E-state index contributed by atoms with van der Waals surface area (Å²) in [6, 6.07) is 10.5. The Balaban J connectivity index is 1.73. The first-order chi connectivity index (χ1) is 16.8. The molecule has 1 N–H and O–H groups in total. The van der Waals surface area contributed by atoms with Crippen molar-refractivity contribution < 1.29 is 24.0 Å². The first kappa shape index (κ1) is 26.3. The molecule has 10 heteroatoms. The van der Waals surface area contributed by atoms with Gasteiger partial charge in [-0.1, -0.05) is 43.0 Å². The number of nitrogens with one attached hydrogen (secondary N) is 1. The molecule has 2 aromatic carbocycles. The van der Waals surface area contributed by atoms with Crippen molar-refractivity contribution >= 4 is 29.1 Å². The second kappa shape index (κ2) is 12.4. The highest BCUT2D eigenvalue weighted by molar-refractivity contribution is 6.30. The topological polar surface area (TPSA) is 111 Å². The average Bonchev–Trinajstić information content (AvgIpc) is 2.86. The van der Waals surface area contributed by atoms with Gasteiger partial charge in [0.25, 0.3) is 5.91 Å². The second-order valence-electron chi connectivity index (χ2n) is 8.55. The quantitative estimate of drug-likeness (QED) is 0.377. The molecule has 0 bridgehead atoms. The van der Waals surface area contributed by atoms with Crippen LogP contribution in [0.4, 0.5) is 5.69 Å². The van der Waals surface area contributed by atoms with Gasteiger partial charge in [0.15, 0.2) is 6.61 Å². The van der Waals surface area contributed by atoms with E-state index >= 15 is 0 Å². The molecular weight excluding hydrogens is 474 g/mol. The Kier molecular flexibility index (Phi) is 9.31. The van der Waals surface area contributed by atoms with Crippen LogP contribution in [0.5, 0.6) is 11.5 Å². The summed E-state index contributed by atoms with van der Waals surface area (Å²) in [6.07, 6.45) is 5.22. The Morgan fingerprint density at radius 1 is 1.17 bits per heavy atom. The highest BCUT2D eigenvalue weighted by atomic mass is 35.5. The van der Waals surface area contributed by atoms with Gasteiger partial charge in [0.2, 0.25) is 11.7 Å². The third-order valence-electron chi connectivity index (χ3n) is 6.10. The van der Waals surface area contributed by atoms with Gasteiger partial charge in [-0.3, -0.25) is 19.7 Å². The number of nitrogens with zero attached hydrogens (tertiary/aromatic N) is 2. The average molecular weight is 504 g/mol. The number of amides is 2. The minimum absolute atomic E-state index is 0.0261. The fourth-order valence-electron chi connectivity index (χ4n) is 4.06. The number of methoxy groups -OCH3 is 1. The first-order valence-electron chi connectivity index (χ1n) is 11.6. The fraction of sp³-hybridized carbons (Fsp3) is 0.440. The molecule has 3 rings (SSSR count). The van der Waals surface area contributed by atoms with Gasteiger partial charge in [-0.05, 0) is 43.5 Å². The van der Waals surface area contributed by atoms with Gasteiger partial charge in [-0.2, -0.15) is 0 Å². The Morgan fingerprint density at radius 2 is 1.86 bits per heavy atom. The Morgan fingerprint density at radius 3 is 2.49 bits per heavy atom. The van der Waals surface area contributed by atoms with Gasteiger partial charge in [-0.15, -0.1) is 0 Å². The Bertz CT molecular complexity index is 1040. The lowest BCUT2D eigenvalue weighted by Gasteiger charge is -2.31. The molecule has 9 nitrogen and oxygen atoms in total. The summed E-state index contributed by atoms with van der Waals surface area (Å²) in [5, 5.41) is 14.8. The molecule has 2 amide bonds. The van der Waals surface area contributed by atoms with Crippen LogP contribution in [0.1, 0.15) is 44.6 Å². The summed E-state index contributed by atoms with van der Waals surface area (Å²) >= 11 is 5.99. The van der Waals surface area contributed by atoms with Crippen LogP contribution in [-0.2, 0) is 16.1 Å². The largest absolute Gasteiger partial charge is 0.490 e. The van der Waals surface area contributed by atoms with E-state index in [1.807, 2.05) is 0 Å². The van der Waals surface area contributed by atoms with E-state index in [0.717, 1.165) is 31.2 Å². The maximum absolute atomic E-state index is 13.2. The minimum atomic E-state index is -0.727. The summed E-state index contributed by atoms with van der Waals surface area (Å²) in [7, 11) is 1.32. The number of benzene rings is 2. The van der Waals surface area contributed by atoms with Crippen LogP contribution in [0.25, 0.3) is 0 Å². The van der Waals surface area contributed by atoms with Crippen molar-refractivity contribution in [1.29, 1.82) is 0 Å². The zero-order chi connectivity index (χ0) is 25.4. The predicted molar refractivity (Wildman–Crippen MR) is 132 cm³/mol. The lowest BCUT2D eigenvalue weighted by molar-refractivity contribution is -0.385. The van der Waals surface area contributed by atoms with Crippen LogP contribution in [0.15, 0.2) is 42.5 Å². The summed E-state index contributed by atoms with van der Waals surface area (Å²) in [6.45, 7) is 1.54. The SMILES string of the molecule is COc1cc(OCC(=O)N(Cc2ccc(Cl)cc2)[C@@H](C)C(=O)NC2CCCCC2)ccc1[N+](=O)[O-]. The van der Waals surface area contributed by atoms with E-state index in [2.05, 4.69) is 5.32 Å². The third-order valence-corrected chi connectivity index (χ3v) is 6.35. The van der Waals surface area contributed by atoms with Crippen molar-refractivity contribution in [3.63, 3.8) is 0 Å². The van der Waals surface area contributed by atoms with Crippen LogP contribution in [-0.4, -0.2) is 47.4 Å². The molecule has 1 aliphatic rings. The fourth-order valence-corrected chi connectivity index (χ4v) is 4.19.